The molecule has 2 heterocycles. The van der Waals surface area contributed by atoms with Gasteiger partial charge in [-0.3, -0.25) is 9.48 Å². The first-order valence-electron chi connectivity index (χ1n) is 5.14. The summed E-state index contributed by atoms with van der Waals surface area (Å²) in [6.45, 7) is 0.434. The second kappa shape index (κ2) is 4.75. The second-order valence-electron chi connectivity index (χ2n) is 3.61. The van der Waals surface area contributed by atoms with E-state index in [9.17, 15) is 4.79 Å². The molecule has 0 saturated carbocycles. The van der Waals surface area contributed by atoms with Crippen molar-refractivity contribution in [1.29, 1.82) is 0 Å². The Balaban J connectivity index is 2.07. The van der Waals surface area contributed by atoms with Crippen LogP contribution in [0.1, 0.15) is 15.9 Å². The summed E-state index contributed by atoms with van der Waals surface area (Å²) in [6, 6.07) is 3.54. The van der Waals surface area contributed by atoms with Gasteiger partial charge in [0.25, 0.3) is 5.91 Å². The second-order valence-corrected chi connectivity index (χ2v) is 3.61. The Morgan fingerprint density at radius 2 is 2.29 bits per heavy atom. The molecule has 1 amide bonds. The molecule has 0 aromatic carbocycles. The smallest absolute Gasteiger partial charge is 0.260 e. The van der Waals surface area contributed by atoms with E-state index in [1.807, 2.05) is 6.07 Å². The van der Waals surface area contributed by atoms with Gasteiger partial charge in [0.1, 0.15) is 5.82 Å². The number of nitrogens with one attached hydrogen (secondary N) is 1. The van der Waals surface area contributed by atoms with Gasteiger partial charge >= 0.3 is 0 Å². The van der Waals surface area contributed by atoms with E-state index in [4.69, 9.17) is 5.73 Å². The zero-order chi connectivity index (χ0) is 12.3. The standard InChI is InChI=1S/C11H13N5O/c1-16-7-9(6-14-16)11(17)15-10-3-2-8(4-12)5-13-10/h2-3,5-7H,4,12H2,1H3,(H,13,15,17). The molecule has 6 heteroatoms. The molecule has 0 spiro atoms. The van der Waals surface area contributed by atoms with Crippen molar-refractivity contribution in [1.82, 2.24) is 14.8 Å². The zero-order valence-electron chi connectivity index (χ0n) is 9.42. The van der Waals surface area contributed by atoms with Crippen molar-refractivity contribution < 1.29 is 4.79 Å². The molecule has 0 fully saturated rings. The predicted molar refractivity (Wildman–Crippen MR) is 63.3 cm³/mol. The highest BCUT2D eigenvalue weighted by atomic mass is 16.1. The highest BCUT2D eigenvalue weighted by molar-refractivity contribution is 6.03. The molecule has 0 saturated heterocycles. The quantitative estimate of drug-likeness (QED) is 0.806. The van der Waals surface area contributed by atoms with Crippen molar-refractivity contribution in [2.24, 2.45) is 12.8 Å². The van der Waals surface area contributed by atoms with E-state index in [0.717, 1.165) is 5.56 Å². The fourth-order valence-corrected chi connectivity index (χ4v) is 1.35. The van der Waals surface area contributed by atoms with Crippen LogP contribution in [0.15, 0.2) is 30.7 Å². The SMILES string of the molecule is Cn1cc(C(=O)Nc2ccc(CN)cn2)cn1. The first-order valence-corrected chi connectivity index (χ1v) is 5.14. The summed E-state index contributed by atoms with van der Waals surface area (Å²) in [5.74, 6) is 0.266. The summed E-state index contributed by atoms with van der Waals surface area (Å²) in [6.07, 6.45) is 4.78. The van der Waals surface area contributed by atoms with Crippen LogP contribution in [0.2, 0.25) is 0 Å². The molecule has 0 aliphatic rings. The molecule has 2 aromatic heterocycles. The molecule has 88 valence electrons. The third-order valence-electron chi connectivity index (χ3n) is 2.27. The molecule has 17 heavy (non-hydrogen) atoms. The number of anilines is 1. The van der Waals surface area contributed by atoms with Crippen LogP contribution in [0.25, 0.3) is 0 Å². The molecule has 0 unspecified atom stereocenters. The van der Waals surface area contributed by atoms with Crippen molar-refractivity contribution in [2.75, 3.05) is 5.32 Å². The minimum atomic E-state index is -0.230. The van der Waals surface area contributed by atoms with E-state index < -0.39 is 0 Å². The third kappa shape index (κ3) is 2.67. The number of rotatable bonds is 3. The number of nitrogens with zero attached hydrogens (tertiary/aromatic N) is 3. The molecule has 2 aromatic rings. The van der Waals surface area contributed by atoms with Gasteiger partial charge in [-0.05, 0) is 11.6 Å². The van der Waals surface area contributed by atoms with Crippen molar-refractivity contribution >= 4 is 11.7 Å². The monoisotopic (exact) mass is 231 g/mol. The lowest BCUT2D eigenvalue weighted by Gasteiger charge is -2.03. The van der Waals surface area contributed by atoms with Crippen LogP contribution in [0.4, 0.5) is 5.82 Å². The summed E-state index contributed by atoms with van der Waals surface area (Å²) >= 11 is 0. The van der Waals surface area contributed by atoms with Crippen LogP contribution in [-0.4, -0.2) is 20.7 Å². The maximum absolute atomic E-state index is 11.8. The van der Waals surface area contributed by atoms with Gasteiger partial charge < -0.3 is 11.1 Å². The van der Waals surface area contributed by atoms with Crippen molar-refractivity contribution in [2.45, 2.75) is 6.54 Å². The maximum atomic E-state index is 11.8. The maximum Gasteiger partial charge on any atom is 0.260 e. The molecule has 0 bridgehead atoms. The Morgan fingerprint density at radius 1 is 1.47 bits per heavy atom. The number of hydrogen-bond acceptors (Lipinski definition) is 4. The number of pyridine rings is 1. The van der Waals surface area contributed by atoms with Gasteiger partial charge in [-0.2, -0.15) is 5.10 Å². The van der Waals surface area contributed by atoms with E-state index in [2.05, 4.69) is 15.4 Å². The summed E-state index contributed by atoms with van der Waals surface area (Å²) in [7, 11) is 1.76. The average Bonchev–Trinajstić information content (AvgIpc) is 2.77. The lowest BCUT2D eigenvalue weighted by molar-refractivity contribution is 0.102. The van der Waals surface area contributed by atoms with Crippen LogP contribution >= 0.6 is 0 Å². The van der Waals surface area contributed by atoms with Crippen LogP contribution in [-0.2, 0) is 13.6 Å². The number of nitrogens with two attached hydrogens (primary N) is 1. The Bertz CT molecular complexity index is 517. The first kappa shape index (κ1) is 11.3. The molecular weight excluding hydrogens is 218 g/mol. The Kier molecular flexibility index (Phi) is 3.15. The van der Waals surface area contributed by atoms with E-state index in [-0.39, 0.29) is 5.91 Å². The predicted octanol–water partition coefficient (Wildman–Crippen LogP) is 0.526. The van der Waals surface area contributed by atoms with E-state index in [1.165, 1.54) is 6.20 Å². The first-order chi connectivity index (χ1) is 8.19. The Labute approximate surface area is 98.5 Å². The molecule has 6 nitrogen and oxygen atoms in total. The normalized spacial score (nSPS) is 10.2. The van der Waals surface area contributed by atoms with Crippen LogP contribution in [0.5, 0.6) is 0 Å². The number of hydrogen-bond donors (Lipinski definition) is 2. The number of carbonyl (C=O) groups excluding carboxylic acids is 1. The Morgan fingerprint density at radius 3 is 2.82 bits per heavy atom. The van der Waals surface area contributed by atoms with Crippen molar-refractivity contribution in [3.63, 3.8) is 0 Å². The van der Waals surface area contributed by atoms with E-state index in [0.29, 0.717) is 17.9 Å². The molecule has 0 atom stereocenters. The van der Waals surface area contributed by atoms with E-state index >= 15 is 0 Å². The van der Waals surface area contributed by atoms with Crippen LogP contribution in [0, 0.1) is 0 Å². The van der Waals surface area contributed by atoms with Gasteiger partial charge in [0.15, 0.2) is 0 Å². The molecule has 0 aliphatic carbocycles. The minimum Gasteiger partial charge on any atom is -0.326 e. The zero-order valence-corrected chi connectivity index (χ0v) is 9.42. The summed E-state index contributed by atoms with van der Waals surface area (Å²) in [4.78, 5) is 15.8. The minimum absolute atomic E-state index is 0.230. The van der Waals surface area contributed by atoms with E-state index in [1.54, 1.807) is 30.2 Å². The van der Waals surface area contributed by atoms with Gasteiger partial charge in [0.2, 0.25) is 0 Å². The van der Waals surface area contributed by atoms with Gasteiger partial charge in [-0.25, -0.2) is 4.98 Å². The van der Waals surface area contributed by atoms with Crippen LogP contribution in [0.3, 0.4) is 0 Å². The van der Waals surface area contributed by atoms with Gasteiger partial charge in [-0.15, -0.1) is 0 Å². The summed E-state index contributed by atoms with van der Waals surface area (Å²) in [5.41, 5.74) is 6.87. The number of carbonyl (C=O) groups is 1. The lowest BCUT2D eigenvalue weighted by Crippen LogP contribution is -2.12. The lowest BCUT2D eigenvalue weighted by atomic mass is 10.3. The summed E-state index contributed by atoms with van der Waals surface area (Å²) in [5, 5.41) is 6.60. The fraction of sp³-hybridized carbons (Fsp3) is 0.182. The fourth-order valence-electron chi connectivity index (χ4n) is 1.35. The highest BCUT2D eigenvalue weighted by Crippen LogP contribution is 2.06. The van der Waals surface area contributed by atoms with Gasteiger partial charge in [0, 0.05) is 26.0 Å². The molecule has 2 rings (SSSR count). The average molecular weight is 231 g/mol. The third-order valence-corrected chi connectivity index (χ3v) is 2.27. The number of aromatic nitrogens is 3. The molecular formula is C11H13N5O. The molecule has 0 radical (unpaired) electrons. The highest BCUT2D eigenvalue weighted by Gasteiger charge is 2.08. The number of amides is 1. The topological polar surface area (TPSA) is 85.8 Å². The summed E-state index contributed by atoms with van der Waals surface area (Å²) < 4.78 is 1.57. The number of aryl methyl sites for hydroxylation is 1. The largest absolute Gasteiger partial charge is 0.326 e. The molecule has 0 aliphatic heterocycles. The Hall–Kier alpha value is -2.21. The van der Waals surface area contributed by atoms with Gasteiger partial charge in [0.05, 0.1) is 11.8 Å². The van der Waals surface area contributed by atoms with Crippen molar-refractivity contribution in [3.8, 4) is 0 Å². The van der Waals surface area contributed by atoms with Crippen molar-refractivity contribution in [3.05, 3.63) is 41.9 Å². The van der Waals surface area contributed by atoms with Crippen LogP contribution < -0.4 is 11.1 Å². The molecule has 3 N–H and O–H groups in total. The van der Waals surface area contributed by atoms with Gasteiger partial charge in [-0.1, -0.05) is 6.07 Å².